The van der Waals surface area contributed by atoms with Crippen molar-refractivity contribution in [1.82, 2.24) is 4.90 Å². The van der Waals surface area contributed by atoms with Gasteiger partial charge in [-0.25, -0.2) is 0 Å². The van der Waals surface area contributed by atoms with Gasteiger partial charge in [0.05, 0.1) is 13.2 Å². The topological polar surface area (TPSA) is 49.8 Å². The molecule has 4 nitrogen and oxygen atoms in total. The zero-order valence-electron chi connectivity index (χ0n) is 9.89. The molecule has 2 rings (SSSR count). The standard InChI is InChI=1S/C12H21NO3/c1-16-12(15)10-6-4-8-13(10)9-5-2-3-7-11(9)14/h9-11,14H,2-8H2,1H3. The Bertz CT molecular complexity index is 257. The molecule has 0 aromatic heterocycles. The second-order valence-electron chi connectivity index (χ2n) is 4.84. The van der Waals surface area contributed by atoms with Gasteiger partial charge >= 0.3 is 5.97 Å². The Morgan fingerprint density at radius 1 is 1.25 bits per heavy atom. The van der Waals surface area contributed by atoms with Crippen LogP contribution in [0.2, 0.25) is 0 Å². The number of hydrogen-bond acceptors (Lipinski definition) is 4. The van der Waals surface area contributed by atoms with E-state index in [-0.39, 0.29) is 24.2 Å². The second-order valence-corrected chi connectivity index (χ2v) is 4.84. The fraction of sp³-hybridized carbons (Fsp3) is 0.917. The highest BCUT2D eigenvalue weighted by Gasteiger charge is 2.39. The van der Waals surface area contributed by atoms with E-state index in [0.717, 1.165) is 45.1 Å². The zero-order chi connectivity index (χ0) is 11.5. The Kier molecular flexibility index (Phi) is 3.82. The van der Waals surface area contributed by atoms with E-state index in [1.807, 2.05) is 0 Å². The Morgan fingerprint density at radius 3 is 2.69 bits per heavy atom. The molecule has 1 N–H and O–H groups in total. The first-order chi connectivity index (χ1) is 7.74. The van der Waals surface area contributed by atoms with Crippen molar-refractivity contribution in [3.05, 3.63) is 0 Å². The molecule has 2 fully saturated rings. The maximum atomic E-state index is 11.6. The number of likely N-dealkylation sites (tertiary alicyclic amines) is 1. The minimum absolute atomic E-state index is 0.122. The Labute approximate surface area is 96.6 Å². The van der Waals surface area contributed by atoms with Crippen LogP contribution in [0.4, 0.5) is 0 Å². The number of aliphatic hydroxyl groups excluding tert-OH is 1. The molecule has 0 aromatic rings. The molecule has 0 bridgehead atoms. The highest BCUT2D eigenvalue weighted by Crippen LogP contribution is 2.29. The fourth-order valence-corrected chi connectivity index (χ4v) is 3.05. The van der Waals surface area contributed by atoms with E-state index in [1.54, 1.807) is 0 Å². The summed E-state index contributed by atoms with van der Waals surface area (Å²) in [6, 6.07) is 0.0445. The van der Waals surface area contributed by atoms with E-state index in [4.69, 9.17) is 4.74 Å². The van der Waals surface area contributed by atoms with E-state index < -0.39 is 0 Å². The molecular weight excluding hydrogens is 206 g/mol. The molecule has 92 valence electrons. The van der Waals surface area contributed by atoms with Crippen LogP contribution in [0, 0.1) is 0 Å². The molecule has 16 heavy (non-hydrogen) atoms. The van der Waals surface area contributed by atoms with E-state index in [9.17, 15) is 9.90 Å². The molecule has 0 spiro atoms. The van der Waals surface area contributed by atoms with Crippen LogP contribution in [0.25, 0.3) is 0 Å². The number of esters is 1. The number of carbonyl (C=O) groups is 1. The third-order valence-electron chi connectivity index (χ3n) is 3.89. The molecule has 0 aromatic carbocycles. The largest absolute Gasteiger partial charge is 0.468 e. The van der Waals surface area contributed by atoms with Gasteiger partial charge in [0, 0.05) is 6.04 Å². The number of nitrogens with zero attached hydrogens (tertiary/aromatic N) is 1. The molecule has 0 amide bonds. The van der Waals surface area contributed by atoms with Gasteiger partial charge in [-0.15, -0.1) is 0 Å². The lowest BCUT2D eigenvalue weighted by molar-refractivity contribution is -0.147. The first-order valence-electron chi connectivity index (χ1n) is 6.25. The Morgan fingerprint density at radius 2 is 2.00 bits per heavy atom. The van der Waals surface area contributed by atoms with Crippen LogP contribution in [0.5, 0.6) is 0 Å². The molecule has 0 radical (unpaired) electrons. The number of ether oxygens (including phenoxy) is 1. The monoisotopic (exact) mass is 227 g/mol. The molecule has 3 unspecified atom stereocenters. The average Bonchev–Trinajstić information content (AvgIpc) is 2.77. The van der Waals surface area contributed by atoms with Gasteiger partial charge in [0.15, 0.2) is 0 Å². The molecule has 1 heterocycles. The quantitative estimate of drug-likeness (QED) is 0.713. The van der Waals surface area contributed by atoms with Crippen LogP contribution < -0.4 is 0 Å². The van der Waals surface area contributed by atoms with E-state index in [2.05, 4.69) is 4.90 Å². The van der Waals surface area contributed by atoms with Gasteiger partial charge in [-0.05, 0) is 32.2 Å². The van der Waals surface area contributed by atoms with Gasteiger partial charge in [0.2, 0.25) is 0 Å². The molecule has 4 heteroatoms. The van der Waals surface area contributed by atoms with Gasteiger partial charge in [0.25, 0.3) is 0 Å². The molecular formula is C12H21NO3. The normalized spacial score (nSPS) is 36.2. The SMILES string of the molecule is COC(=O)C1CCCN1C1CCCCC1O. The third-order valence-corrected chi connectivity index (χ3v) is 3.89. The van der Waals surface area contributed by atoms with E-state index in [1.165, 1.54) is 7.11 Å². The molecule has 2 aliphatic rings. The first kappa shape index (κ1) is 11.9. The fourth-order valence-electron chi connectivity index (χ4n) is 3.05. The van der Waals surface area contributed by atoms with E-state index >= 15 is 0 Å². The molecule has 1 saturated carbocycles. The van der Waals surface area contributed by atoms with Crippen molar-refractivity contribution < 1.29 is 14.6 Å². The van der Waals surface area contributed by atoms with Crippen LogP contribution >= 0.6 is 0 Å². The van der Waals surface area contributed by atoms with Crippen molar-refractivity contribution in [2.75, 3.05) is 13.7 Å². The average molecular weight is 227 g/mol. The minimum atomic E-state index is -0.265. The highest BCUT2D eigenvalue weighted by molar-refractivity contribution is 5.76. The van der Waals surface area contributed by atoms with Crippen molar-refractivity contribution >= 4 is 5.97 Å². The summed E-state index contributed by atoms with van der Waals surface area (Å²) >= 11 is 0. The molecule has 1 aliphatic carbocycles. The van der Waals surface area contributed by atoms with Crippen LogP contribution in [0.15, 0.2) is 0 Å². The van der Waals surface area contributed by atoms with Gasteiger partial charge < -0.3 is 9.84 Å². The summed E-state index contributed by atoms with van der Waals surface area (Å²) in [5.74, 6) is -0.143. The smallest absolute Gasteiger partial charge is 0.323 e. The maximum absolute atomic E-state index is 11.6. The zero-order valence-corrected chi connectivity index (χ0v) is 9.89. The van der Waals surface area contributed by atoms with Crippen molar-refractivity contribution in [2.45, 2.75) is 56.7 Å². The summed E-state index contributed by atoms with van der Waals surface area (Å²) in [7, 11) is 1.44. The van der Waals surface area contributed by atoms with Crippen molar-refractivity contribution in [3.8, 4) is 0 Å². The number of carbonyl (C=O) groups excluding carboxylic acids is 1. The number of aliphatic hydroxyl groups is 1. The third kappa shape index (κ3) is 2.23. The van der Waals surface area contributed by atoms with Crippen LogP contribution in [0.3, 0.4) is 0 Å². The molecule has 1 aliphatic heterocycles. The second kappa shape index (κ2) is 5.15. The Balaban J connectivity index is 2.03. The molecule has 1 saturated heterocycles. The van der Waals surface area contributed by atoms with Gasteiger partial charge in [0.1, 0.15) is 6.04 Å². The Hall–Kier alpha value is -0.610. The molecule has 3 atom stereocenters. The minimum Gasteiger partial charge on any atom is -0.468 e. The van der Waals surface area contributed by atoms with E-state index in [0.29, 0.717) is 0 Å². The van der Waals surface area contributed by atoms with Crippen LogP contribution in [-0.4, -0.2) is 47.8 Å². The summed E-state index contributed by atoms with van der Waals surface area (Å²) in [5, 5.41) is 10.0. The predicted molar refractivity (Wildman–Crippen MR) is 60.0 cm³/mol. The predicted octanol–water partition coefficient (Wildman–Crippen LogP) is 0.927. The van der Waals surface area contributed by atoms with Crippen LogP contribution in [0.1, 0.15) is 38.5 Å². The van der Waals surface area contributed by atoms with Crippen molar-refractivity contribution in [2.24, 2.45) is 0 Å². The first-order valence-corrected chi connectivity index (χ1v) is 6.25. The lowest BCUT2D eigenvalue weighted by Crippen LogP contribution is -2.50. The summed E-state index contributed by atoms with van der Waals surface area (Å²) in [6.45, 7) is 0.918. The lowest BCUT2D eigenvalue weighted by atomic mass is 9.91. The van der Waals surface area contributed by atoms with Crippen molar-refractivity contribution in [3.63, 3.8) is 0 Å². The van der Waals surface area contributed by atoms with Gasteiger partial charge in [-0.3, -0.25) is 9.69 Å². The summed E-state index contributed by atoms with van der Waals surface area (Å²) in [6.07, 6.45) is 5.78. The number of rotatable bonds is 2. The van der Waals surface area contributed by atoms with Crippen LogP contribution in [-0.2, 0) is 9.53 Å². The van der Waals surface area contributed by atoms with Gasteiger partial charge in [-0.1, -0.05) is 12.8 Å². The van der Waals surface area contributed by atoms with Gasteiger partial charge in [-0.2, -0.15) is 0 Å². The summed E-state index contributed by atoms with van der Waals surface area (Å²) in [4.78, 5) is 13.8. The lowest BCUT2D eigenvalue weighted by Gasteiger charge is -2.37. The summed E-state index contributed by atoms with van der Waals surface area (Å²) in [5.41, 5.74) is 0. The maximum Gasteiger partial charge on any atom is 0.323 e. The van der Waals surface area contributed by atoms with Crippen molar-refractivity contribution in [1.29, 1.82) is 0 Å². The number of methoxy groups -OCH3 is 1. The summed E-state index contributed by atoms with van der Waals surface area (Å²) < 4.78 is 4.83. The number of hydrogen-bond donors (Lipinski definition) is 1. The highest BCUT2D eigenvalue weighted by atomic mass is 16.5.